The van der Waals surface area contributed by atoms with Crippen LogP contribution in [0.2, 0.25) is 0 Å². The van der Waals surface area contributed by atoms with Crippen molar-refractivity contribution in [2.75, 3.05) is 25.2 Å². The van der Waals surface area contributed by atoms with Crippen LogP contribution >= 0.6 is 0 Å². The van der Waals surface area contributed by atoms with E-state index in [1.807, 2.05) is 47.3 Å². The zero-order valence-corrected chi connectivity index (χ0v) is 14.2. The molecule has 7 nitrogen and oxygen atoms in total. The number of rotatable bonds is 5. The molecule has 0 aliphatic carbocycles. The molecule has 0 fully saturated rings. The highest BCUT2D eigenvalue weighted by Gasteiger charge is 2.23. The minimum Gasteiger partial charge on any atom is -0.383 e. The number of aromatic nitrogens is 5. The Kier molecular flexibility index (Phi) is 4.39. The third-order valence-electron chi connectivity index (χ3n) is 4.38. The van der Waals surface area contributed by atoms with Gasteiger partial charge in [0, 0.05) is 31.8 Å². The minimum atomic E-state index is 0.645. The van der Waals surface area contributed by atoms with Crippen molar-refractivity contribution in [3.8, 4) is 11.4 Å². The molecule has 0 unspecified atom stereocenters. The molecule has 7 heteroatoms. The van der Waals surface area contributed by atoms with Crippen molar-refractivity contribution >= 4 is 5.82 Å². The summed E-state index contributed by atoms with van der Waals surface area (Å²) in [4.78, 5) is 11.4. The van der Waals surface area contributed by atoms with Crippen molar-refractivity contribution in [2.45, 2.75) is 19.5 Å². The van der Waals surface area contributed by atoms with Gasteiger partial charge < -0.3 is 9.64 Å². The van der Waals surface area contributed by atoms with Gasteiger partial charge in [0.25, 0.3) is 0 Å². The molecule has 0 atom stereocenters. The van der Waals surface area contributed by atoms with Gasteiger partial charge in [0.2, 0.25) is 0 Å². The van der Waals surface area contributed by atoms with Crippen molar-refractivity contribution in [1.29, 1.82) is 0 Å². The molecular formula is C18H20N6O. The van der Waals surface area contributed by atoms with Gasteiger partial charge in [-0.1, -0.05) is 35.5 Å². The first-order valence-corrected chi connectivity index (χ1v) is 8.39. The van der Waals surface area contributed by atoms with E-state index in [1.54, 1.807) is 7.11 Å². The first-order valence-electron chi connectivity index (χ1n) is 8.39. The molecule has 0 radical (unpaired) electrons. The first kappa shape index (κ1) is 15.7. The molecule has 0 spiro atoms. The molecule has 0 saturated carbocycles. The van der Waals surface area contributed by atoms with Gasteiger partial charge >= 0.3 is 0 Å². The lowest BCUT2D eigenvalue weighted by Crippen LogP contribution is -2.32. The zero-order chi connectivity index (χ0) is 17.1. The van der Waals surface area contributed by atoms with E-state index in [0.29, 0.717) is 13.2 Å². The molecule has 128 valence electrons. The summed E-state index contributed by atoms with van der Waals surface area (Å²) >= 11 is 0. The maximum absolute atomic E-state index is 5.14. The second-order valence-corrected chi connectivity index (χ2v) is 5.97. The van der Waals surface area contributed by atoms with E-state index in [0.717, 1.165) is 42.4 Å². The second-order valence-electron chi connectivity index (χ2n) is 5.97. The average Bonchev–Trinajstić information content (AvgIpc) is 3.09. The smallest absolute Gasteiger partial charge is 0.161 e. The van der Waals surface area contributed by atoms with Crippen LogP contribution in [-0.4, -0.2) is 45.2 Å². The van der Waals surface area contributed by atoms with Crippen LogP contribution in [0.1, 0.15) is 11.4 Å². The molecule has 1 aliphatic heterocycles. The molecule has 2 aromatic heterocycles. The van der Waals surface area contributed by atoms with Crippen LogP contribution in [0.3, 0.4) is 0 Å². The van der Waals surface area contributed by atoms with E-state index in [4.69, 9.17) is 9.72 Å². The molecule has 0 bridgehead atoms. The second kappa shape index (κ2) is 6.98. The summed E-state index contributed by atoms with van der Waals surface area (Å²) in [6, 6.07) is 12.0. The molecule has 0 saturated heterocycles. The summed E-state index contributed by atoms with van der Waals surface area (Å²) in [6.07, 6.45) is 2.71. The minimum absolute atomic E-state index is 0.645. The number of anilines is 1. The number of fused-ring (bicyclic) bond motifs is 1. The standard InChI is InChI=1S/C18H20N6O/c1-25-12-11-24-16-8-10-23(13-15(16)21-22-24)17-7-9-19-18(20-17)14-5-3-2-4-6-14/h2-7,9H,8,10-13H2,1H3. The number of hydrogen-bond acceptors (Lipinski definition) is 6. The lowest BCUT2D eigenvalue weighted by atomic mass is 10.1. The van der Waals surface area contributed by atoms with E-state index in [9.17, 15) is 0 Å². The van der Waals surface area contributed by atoms with Gasteiger partial charge in [-0.05, 0) is 6.07 Å². The Morgan fingerprint density at radius 2 is 2.04 bits per heavy atom. The van der Waals surface area contributed by atoms with Gasteiger partial charge in [-0.2, -0.15) is 0 Å². The summed E-state index contributed by atoms with van der Waals surface area (Å²) in [5.74, 6) is 1.67. The fraction of sp³-hybridized carbons (Fsp3) is 0.333. The molecule has 1 aliphatic rings. The average molecular weight is 336 g/mol. The monoisotopic (exact) mass is 336 g/mol. The van der Waals surface area contributed by atoms with Crippen molar-refractivity contribution in [2.24, 2.45) is 0 Å². The quantitative estimate of drug-likeness (QED) is 0.709. The Hall–Kier alpha value is -2.80. The predicted octanol–water partition coefficient (Wildman–Crippen LogP) is 1.94. The lowest BCUT2D eigenvalue weighted by Gasteiger charge is -2.27. The number of hydrogen-bond donors (Lipinski definition) is 0. The van der Waals surface area contributed by atoms with Crippen molar-refractivity contribution in [1.82, 2.24) is 25.0 Å². The number of benzene rings is 1. The highest BCUT2D eigenvalue weighted by molar-refractivity contribution is 5.57. The van der Waals surface area contributed by atoms with Crippen LogP contribution in [-0.2, 0) is 24.2 Å². The molecule has 3 heterocycles. The van der Waals surface area contributed by atoms with Crippen LogP contribution in [0, 0.1) is 0 Å². The number of ether oxygens (including phenoxy) is 1. The van der Waals surface area contributed by atoms with Gasteiger partial charge in [-0.15, -0.1) is 5.10 Å². The maximum Gasteiger partial charge on any atom is 0.161 e. The largest absolute Gasteiger partial charge is 0.383 e. The van der Waals surface area contributed by atoms with E-state index in [-0.39, 0.29) is 0 Å². The molecule has 25 heavy (non-hydrogen) atoms. The predicted molar refractivity (Wildman–Crippen MR) is 94.1 cm³/mol. The summed E-state index contributed by atoms with van der Waals surface area (Å²) in [6.45, 7) is 2.99. The number of nitrogens with zero attached hydrogens (tertiary/aromatic N) is 6. The van der Waals surface area contributed by atoms with Crippen LogP contribution in [0.15, 0.2) is 42.6 Å². The Balaban J connectivity index is 1.55. The highest BCUT2D eigenvalue weighted by atomic mass is 16.5. The number of methoxy groups -OCH3 is 1. The van der Waals surface area contributed by atoms with Gasteiger partial charge in [0.15, 0.2) is 5.82 Å². The normalized spacial score (nSPS) is 13.7. The van der Waals surface area contributed by atoms with E-state index in [2.05, 4.69) is 20.2 Å². The highest BCUT2D eigenvalue weighted by Crippen LogP contribution is 2.23. The first-order chi connectivity index (χ1) is 12.3. The fourth-order valence-electron chi connectivity index (χ4n) is 3.07. The summed E-state index contributed by atoms with van der Waals surface area (Å²) in [5.41, 5.74) is 3.24. The Labute approximate surface area is 146 Å². The summed E-state index contributed by atoms with van der Waals surface area (Å²) < 4.78 is 7.09. The lowest BCUT2D eigenvalue weighted by molar-refractivity contribution is 0.181. The Morgan fingerprint density at radius 3 is 2.88 bits per heavy atom. The fourth-order valence-corrected chi connectivity index (χ4v) is 3.07. The molecule has 0 N–H and O–H groups in total. The van der Waals surface area contributed by atoms with E-state index < -0.39 is 0 Å². The molecule has 0 amide bonds. The summed E-state index contributed by atoms with van der Waals surface area (Å²) in [7, 11) is 1.70. The molecule has 4 rings (SSSR count). The van der Waals surface area contributed by atoms with Crippen molar-refractivity contribution in [3.05, 3.63) is 54.0 Å². The molecular weight excluding hydrogens is 316 g/mol. The van der Waals surface area contributed by atoms with Crippen LogP contribution in [0.5, 0.6) is 0 Å². The van der Waals surface area contributed by atoms with Crippen molar-refractivity contribution in [3.63, 3.8) is 0 Å². The summed E-state index contributed by atoms with van der Waals surface area (Å²) in [5, 5.41) is 8.59. The van der Waals surface area contributed by atoms with Crippen LogP contribution in [0.4, 0.5) is 5.82 Å². The zero-order valence-electron chi connectivity index (χ0n) is 14.2. The van der Waals surface area contributed by atoms with Gasteiger partial charge in [-0.3, -0.25) is 0 Å². The topological polar surface area (TPSA) is 69.0 Å². The third kappa shape index (κ3) is 3.23. The van der Waals surface area contributed by atoms with E-state index in [1.165, 1.54) is 5.69 Å². The van der Waals surface area contributed by atoms with Gasteiger partial charge in [-0.25, -0.2) is 14.6 Å². The maximum atomic E-state index is 5.14. The van der Waals surface area contributed by atoms with Crippen LogP contribution < -0.4 is 4.90 Å². The third-order valence-corrected chi connectivity index (χ3v) is 4.38. The van der Waals surface area contributed by atoms with Gasteiger partial charge in [0.1, 0.15) is 11.5 Å². The Morgan fingerprint density at radius 1 is 1.16 bits per heavy atom. The SMILES string of the molecule is COCCn1nnc2c1CCN(c1ccnc(-c3ccccc3)n1)C2. The Bertz CT molecular complexity index is 848. The van der Waals surface area contributed by atoms with Gasteiger partial charge in [0.05, 0.1) is 25.4 Å². The van der Waals surface area contributed by atoms with Crippen LogP contribution in [0.25, 0.3) is 11.4 Å². The van der Waals surface area contributed by atoms with Crippen molar-refractivity contribution < 1.29 is 4.74 Å². The van der Waals surface area contributed by atoms with E-state index >= 15 is 0 Å². The molecule has 3 aromatic rings. The molecule has 1 aromatic carbocycles.